The molecule has 2 aromatic heterocycles. The molecule has 0 unspecified atom stereocenters. The first-order valence-corrected chi connectivity index (χ1v) is 11.7. The van der Waals surface area contributed by atoms with Crippen molar-refractivity contribution in [2.75, 3.05) is 0 Å². The molecule has 2 aromatic carbocycles. The molecule has 0 radical (unpaired) electrons. The molecular formula is C16H11Cl5N2O3S2. The van der Waals surface area contributed by atoms with E-state index in [9.17, 15) is 0 Å². The lowest BCUT2D eigenvalue weighted by Crippen LogP contribution is -1.75. The summed E-state index contributed by atoms with van der Waals surface area (Å²) >= 11 is 22.1. The Labute approximate surface area is 191 Å². The molecule has 0 saturated carbocycles. The van der Waals surface area contributed by atoms with Crippen LogP contribution in [0.3, 0.4) is 0 Å². The van der Waals surface area contributed by atoms with Gasteiger partial charge in [-0.05, 0) is 60.9 Å². The molecule has 4 aromatic rings. The van der Waals surface area contributed by atoms with Gasteiger partial charge in [0, 0.05) is 43.5 Å². The van der Waals surface area contributed by atoms with E-state index in [1.807, 2.05) is 26.0 Å². The molecule has 0 bridgehead atoms. The maximum Gasteiger partial charge on any atom is 0.293 e. The summed E-state index contributed by atoms with van der Waals surface area (Å²) < 4.78 is 19.4. The van der Waals surface area contributed by atoms with Crippen LogP contribution in [0.5, 0.6) is 0 Å². The molecule has 0 fully saturated rings. The van der Waals surface area contributed by atoms with Crippen LogP contribution >= 0.6 is 68.4 Å². The average Bonchev–Trinajstić information content (AvgIpc) is 3.09. The third-order valence-electron chi connectivity index (χ3n) is 3.32. The summed E-state index contributed by atoms with van der Waals surface area (Å²) in [7, 11) is 7.36. The zero-order valence-corrected chi connectivity index (χ0v) is 19.6. The summed E-state index contributed by atoms with van der Waals surface area (Å²) in [5, 5.41) is 1.45. The molecule has 28 heavy (non-hydrogen) atoms. The lowest BCUT2D eigenvalue weighted by molar-refractivity contribution is 0.583. The topological polar surface area (TPSA) is 72.0 Å². The van der Waals surface area contributed by atoms with Gasteiger partial charge in [0.2, 0.25) is 9.23 Å². The van der Waals surface area contributed by atoms with Crippen molar-refractivity contribution >= 4 is 99.8 Å². The van der Waals surface area contributed by atoms with Crippen LogP contribution in [-0.2, 0) is 9.23 Å². The number of oxazole rings is 2. The molecule has 5 nitrogen and oxygen atoms in total. The zero-order valence-electron chi connectivity index (χ0n) is 14.2. The van der Waals surface area contributed by atoms with Crippen LogP contribution in [0.15, 0.2) is 33.1 Å². The Morgan fingerprint density at radius 1 is 0.964 bits per heavy atom. The average molecular weight is 521 g/mol. The fourth-order valence-electron chi connectivity index (χ4n) is 2.31. The number of aromatic amines is 1. The maximum absolute atomic E-state index is 9.09. The molecule has 150 valence electrons. The van der Waals surface area contributed by atoms with Crippen LogP contribution in [0, 0.1) is 18.7 Å². The van der Waals surface area contributed by atoms with E-state index in [-0.39, 0.29) is 5.35 Å². The quantitative estimate of drug-likeness (QED) is 0.188. The van der Waals surface area contributed by atoms with E-state index in [0.29, 0.717) is 26.0 Å². The number of hydrogen-bond acceptors (Lipinski definition) is 5. The fraction of sp³-hybridized carbons (Fsp3) is 0.125. The van der Waals surface area contributed by atoms with Crippen LogP contribution in [0.2, 0.25) is 15.4 Å². The van der Waals surface area contributed by atoms with Crippen molar-refractivity contribution in [2.24, 2.45) is 0 Å². The van der Waals surface area contributed by atoms with Gasteiger partial charge >= 0.3 is 0 Å². The number of nitrogens with one attached hydrogen (secondary N) is 1. The van der Waals surface area contributed by atoms with Crippen molar-refractivity contribution < 1.29 is 13.0 Å². The second-order valence-corrected chi connectivity index (χ2v) is 9.42. The van der Waals surface area contributed by atoms with Gasteiger partial charge < -0.3 is 13.8 Å². The van der Waals surface area contributed by atoms with Crippen LogP contribution in [0.25, 0.3) is 22.2 Å². The minimum atomic E-state index is -1.67. The highest BCUT2D eigenvalue weighted by atomic mass is 36.0. The summed E-state index contributed by atoms with van der Waals surface area (Å²) in [6, 6.07) is 7.13. The summed E-state index contributed by atoms with van der Waals surface area (Å²) in [5.74, 6) is 0. The van der Waals surface area contributed by atoms with Gasteiger partial charge in [-0.25, -0.2) is 4.21 Å². The number of aromatic nitrogens is 2. The largest absolute Gasteiger partial charge is 0.429 e. The molecule has 0 aliphatic rings. The normalized spacial score (nSPS) is 10.6. The highest BCUT2D eigenvalue weighted by Crippen LogP contribution is 2.25. The molecule has 2 heterocycles. The van der Waals surface area contributed by atoms with Gasteiger partial charge in [0.15, 0.2) is 11.2 Å². The Kier molecular flexibility index (Phi) is 8.63. The number of fused-ring (bicyclic) bond motifs is 2. The molecule has 0 atom stereocenters. The number of halogens is 5. The van der Waals surface area contributed by atoms with Crippen LogP contribution < -0.4 is 0 Å². The molecular weight excluding hydrogens is 510 g/mol. The molecule has 0 spiro atoms. The number of H-pyrrole nitrogens is 1. The first kappa shape index (κ1) is 23.5. The Morgan fingerprint density at radius 3 is 2.11 bits per heavy atom. The van der Waals surface area contributed by atoms with Crippen LogP contribution in [0.1, 0.15) is 11.1 Å². The van der Waals surface area contributed by atoms with E-state index in [1.54, 1.807) is 12.1 Å². The van der Waals surface area contributed by atoms with E-state index in [0.717, 1.165) is 22.2 Å². The lowest BCUT2D eigenvalue weighted by atomic mass is 10.2. The highest BCUT2D eigenvalue weighted by molar-refractivity contribution is 8.26. The molecule has 0 amide bonds. The first-order chi connectivity index (χ1) is 13.1. The number of benzene rings is 2. The molecule has 4 rings (SSSR count). The molecule has 0 saturated heterocycles. The Bertz CT molecular complexity index is 1200. The fourth-order valence-corrected chi connectivity index (χ4v) is 3.19. The summed E-state index contributed by atoms with van der Waals surface area (Å²) in [5.41, 5.74) is 5.04. The summed E-state index contributed by atoms with van der Waals surface area (Å²) in [6.45, 7) is 3.86. The number of hydrogen-bond donors (Lipinski definition) is 1. The van der Waals surface area contributed by atoms with E-state index in [1.165, 1.54) is 0 Å². The van der Waals surface area contributed by atoms with Crippen molar-refractivity contribution in [3.05, 3.63) is 55.6 Å². The number of nitrogens with zero attached hydrogens (tertiary/aromatic N) is 1. The minimum absolute atomic E-state index is 0.148. The second kappa shape index (κ2) is 10.3. The Hall–Kier alpha value is -0.800. The van der Waals surface area contributed by atoms with Gasteiger partial charge in [0.1, 0.15) is 5.52 Å². The lowest BCUT2D eigenvalue weighted by Gasteiger charge is -1.93. The van der Waals surface area contributed by atoms with E-state index >= 15 is 0 Å². The molecule has 0 aliphatic carbocycles. The predicted molar refractivity (Wildman–Crippen MR) is 120 cm³/mol. The predicted octanol–water partition coefficient (Wildman–Crippen LogP) is 7.94. The van der Waals surface area contributed by atoms with E-state index in [2.05, 4.69) is 31.3 Å². The number of rotatable bonds is 0. The van der Waals surface area contributed by atoms with Crippen LogP contribution in [-0.4, -0.2) is 14.2 Å². The van der Waals surface area contributed by atoms with Gasteiger partial charge in [-0.15, -0.1) is 0 Å². The molecule has 0 aliphatic heterocycles. The van der Waals surface area contributed by atoms with Crippen molar-refractivity contribution in [3.63, 3.8) is 0 Å². The number of aryl methyl sites for hydroxylation is 2. The van der Waals surface area contributed by atoms with Crippen molar-refractivity contribution in [3.8, 4) is 0 Å². The van der Waals surface area contributed by atoms with Gasteiger partial charge in [0.05, 0.1) is 5.52 Å². The van der Waals surface area contributed by atoms with Crippen molar-refractivity contribution in [1.82, 2.24) is 9.97 Å². The monoisotopic (exact) mass is 518 g/mol. The molecule has 1 N–H and O–H groups in total. The minimum Gasteiger partial charge on any atom is -0.429 e. The second-order valence-electron chi connectivity index (χ2n) is 5.33. The van der Waals surface area contributed by atoms with Gasteiger partial charge in [-0.1, -0.05) is 23.2 Å². The zero-order chi connectivity index (χ0) is 21.0. The third kappa shape index (κ3) is 6.62. The van der Waals surface area contributed by atoms with Crippen LogP contribution in [0.4, 0.5) is 0 Å². The third-order valence-corrected chi connectivity index (χ3v) is 4.10. The standard InChI is InChI=1S/C8H5Cl2NO.C8H6ClNOS.Cl2OS/c1-4-2-5(9)3-6-7(4)11-8(10)12-6;1-4-2-5(9)3-6-7(4)10-8(12)11-6;1-4(2)3/h2-3H,1H3;2-3H,1H3,(H,10,12);. The highest BCUT2D eigenvalue weighted by Gasteiger charge is 2.06. The molecule has 12 heteroatoms. The van der Waals surface area contributed by atoms with E-state index < -0.39 is 9.23 Å². The SMILES string of the molecule is Cc1cc(Cl)cc2oc(=S)[nH]c12.Cc1cc(Cl)cc2oc(Cl)nc12.O=S(Cl)Cl. The van der Waals surface area contributed by atoms with Gasteiger partial charge in [0.25, 0.3) is 10.2 Å². The Balaban J connectivity index is 0.000000169. The smallest absolute Gasteiger partial charge is 0.293 e. The van der Waals surface area contributed by atoms with Gasteiger partial charge in [-0.2, -0.15) is 4.98 Å². The maximum atomic E-state index is 9.09. The van der Waals surface area contributed by atoms with Crippen molar-refractivity contribution in [1.29, 1.82) is 0 Å². The first-order valence-electron chi connectivity index (χ1n) is 7.32. The van der Waals surface area contributed by atoms with E-state index in [4.69, 9.17) is 60.1 Å². The summed E-state index contributed by atoms with van der Waals surface area (Å²) in [6.07, 6.45) is 0. The van der Waals surface area contributed by atoms with Crippen molar-refractivity contribution in [2.45, 2.75) is 13.8 Å². The van der Waals surface area contributed by atoms with Gasteiger partial charge in [-0.3, -0.25) is 0 Å². The Morgan fingerprint density at radius 2 is 1.50 bits per heavy atom. The summed E-state index contributed by atoms with van der Waals surface area (Å²) in [4.78, 5) is 7.32.